The van der Waals surface area contributed by atoms with E-state index < -0.39 is 0 Å². The first-order valence-corrected chi connectivity index (χ1v) is 7.79. The van der Waals surface area contributed by atoms with Crippen molar-refractivity contribution in [3.63, 3.8) is 0 Å². The molecule has 1 fully saturated rings. The maximum absolute atomic E-state index is 12.9. The summed E-state index contributed by atoms with van der Waals surface area (Å²) in [5, 5.41) is 3.27. The summed E-state index contributed by atoms with van der Waals surface area (Å²) < 4.78 is 10.6. The van der Waals surface area contributed by atoms with Crippen LogP contribution >= 0.6 is 0 Å². The quantitative estimate of drug-likeness (QED) is 0.838. The van der Waals surface area contributed by atoms with Crippen LogP contribution in [0, 0.1) is 0 Å². The first kappa shape index (κ1) is 16.8. The second-order valence-corrected chi connectivity index (χ2v) is 5.77. The number of likely N-dealkylation sites (tertiary alicyclic amines) is 1. The van der Waals surface area contributed by atoms with Crippen molar-refractivity contribution in [1.82, 2.24) is 4.90 Å². The molecule has 2 rings (SSSR count). The molecule has 0 saturated carbocycles. The highest BCUT2D eigenvalue weighted by Crippen LogP contribution is 2.26. The van der Waals surface area contributed by atoms with Gasteiger partial charge in [-0.1, -0.05) is 18.2 Å². The molecular formula is C17H26N2O3. The molecule has 5 heteroatoms. The van der Waals surface area contributed by atoms with Gasteiger partial charge >= 0.3 is 0 Å². The first-order chi connectivity index (χ1) is 10.7. The van der Waals surface area contributed by atoms with E-state index in [0.717, 1.165) is 18.5 Å². The van der Waals surface area contributed by atoms with E-state index in [9.17, 15) is 4.79 Å². The summed E-state index contributed by atoms with van der Waals surface area (Å²) in [6.45, 7) is 3.05. The Morgan fingerprint density at radius 2 is 1.73 bits per heavy atom. The van der Waals surface area contributed by atoms with Crippen molar-refractivity contribution in [3.05, 3.63) is 30.3 Å². The smallest absolute Gasteiger partial charge is 0.245 e. The fraction of sp³-hybridized carbons (Fsp3) is 0.588. The number of methoxy groups -OCH3 is 2. The van der Waals surface area contributed by atoms with Crippen molar-refractivity contribution in [2.24, 2.45) is 0 Å². The maximum atomic E-state index is 12.9. The SMILES string of the molecule is COC[C@H]1CC[C@H](COC)N1C(=O)[C@H](C)Nc1ccccc1. The fourth-order valence-corrected chi connectivity index (χ4v) is 3.10. The van der Waals surface area contributed by atoms with Crippen molar-refractivity contribution >= 4 is 11.6 Å². The molecule has 22 heavy (non-hydrogen) atoms. The molecule has 1 aromatic rings. The number of hydrogen-bond donors (Lipinski definition) is 1. The number of anilines is 1. The third-order valence-electron chi connectivity index (χ3n) is 4.12. The van der Waals surface area contributed by atoms with Gasteiger partial charge in [0, 0.05) is 19.9 Å². The summed E-state index contributed by atoms with van der Waals surface area (Å²) in [6, 6.07) is 9.80. The molecule has 0 spiro atoms. The average molecular weight is 306 g/mol. The largest absolute Gasteiger partial charge is 0.383 e. The number of carbonyl (C=O) groups excluding carboxylic acids is 1. The van der Waals surface area contributed by atoms with Gasteiger partial charge in [0.05, 0.1) is 25.3 Å². The van der Waals surface area contributed by atoms with Crippen LogP contribution in [0.3, 0.4) is 0 Å². The molecule has 0 radical (unpaired) electrons. The predicted octanol–water partition coefficient (Wildman–Crippen LogP) is 2.14. The van der Waals surface area contributed by atoms with E-state index in [4.69, 9.17) is 9.47 Å². The van der Waals surface area contributed by atoms with Crippen LogP contribution in [0.15, 0.2) is 30.3 Å². The molecule has 1 aliphatic rings. The second-order valence-electron chi connectivity index (χ2n) is 5.77. The number of hydrogen-bond acceptors (Lipinski definition) is 4. The van der Waals surface area contributed by atoms with E-state index in [1.54, 1.807) is 14.2 Å². The Hall–Kier alpha value is -1.59. The predicted molar refractivity (Wildman–Crippen MR) is 86.9 cm³/mol. The summed E-state index contributed by atoms with van der Waals surface area (Å²) in [5.74, 6) is 0.102. The highest BCUT2D eigenvalue weighted by Gasteiger charge is 2.38. The highest BCUT2D eigenvalue weighted by atomic mass is 16.5. The Morgan fingerprint density at radius 1 is 1.18 bits per heavy atom. The Labute approximate surface area is 132 Å². The summed E-state index contributed by atoms with van der Waals surface area (Å²) >= 11 is 0. The fourth-order valence-electron chi connectivity index (χ4n) is 3.10. The summed E-state index contributed by atoms with van der Waals surface area (Å²) in [6.07, 6.45) is 1.93. The van der Waals surface area contributed by atoms with Crippen LogP contribution in [-0.4, -0.2) is 56.4 Å². The first-order valence-electron chi connectivity index (χ1n) is 7.79. The molecule has 3 atom stereocenters. The highest BCUT2D eigenvalue weighted by molar-refractivity contribution is 5.85. The number of benzene rings is 1. The molecule has 1 aromatic carbocycles. The molecule has 0 bridgehead atoms. The second kappa shape index (κ2) is 8.15. The molecule has 0 aliphatic carbocycles. The molecule has 0 unspecified atom stereocenters. The van der Waals surface area contributed by atoms with Gasteiger partial charge in [-0.3, -0.25) is 4.79 Å². The van der Waals surface area contributed by atoms with Crippen molar-refractivity contribution in [2.45, 2.75) is 37.9 Å². The number of ether oxygens (including phenoxy) is 2. The number of nitrogens with one attached hydrogen (secondary N) is 1. The lowest BCUT2D eigenvalue weighted by Crippen LogP contribution is -2.50. The molecule has 5 nitrogen and oxygen atoms in total. The molecule has 1 N–H and O–H groups in total. The van der Waals surface area contributed by atoms with Crippen molar-refractivity contribution in [1.29, 1.82) is 0 Å². The molecular weight excluding hydrogens is 280 g/mol. The Bertz CT molecular complexity index is 452. The maximum Gasteiger partial charge on any atom is 0.245 e. The van der Waals surface area contributed by atoms with E-state index in [1.807, 2.05) is 42.2 Å². The molecule has 1 aliphatic heterocycles. The van der Waals surface area contributed by atoms with Gasteiger partial charge in [-0.25, -0.2) is 0 Å². The van der Waals surface area contributed by atoms with Crippen molar-refractivity contribution in [3.8, 4) is 0 Å². The van der Waals surface area contributed by atoms with Crippen LogP contribution in [0.5, 0.6) is 0 Å². The lowest BCUT2D eigenvalue weighted by atomic mass is 10.2. The van der Waals surface area contributed by atoms with Gasteiger partial charge < -0.3 is 19.7 Å². The molecule has 1 saturated heterocycles. The van der Waals surface area contributed by atoms with Crippen LogP contribution < -0.4 is 5.32 Å². The molecule has 1 heterocycles. The number of para-hydroxylation sites is 1. The van der Waals surface area contributed by atoms with E-state index in [1.165, 1.54) is 0 Å². The van der Waals surface area contributed by atoms with E-state index in [0.29, 0.717) is 13.2 Å². The van der Waals surface area contributed by atoms with Crippen LogP contribution in [0.25, 0.3) is 0 Å². The van der Waals surface area contributed by atoms with Gasteiger partial charge in [0.1, 0.15) is 6.04 Å². The van der Waals surface area contributed by atoms with Crippen LogP contribution in [0.1, 0.15) is 19.8 Å². The van der Waals surface area contributed by atoms with Gasteiger partial charge in [0.2, 0.25) is 5.91 Å². The Kier molecular flexibility index (Phi) is 6.21. The van der Waals surface area contributed by atoms with Crippen molar-refractivity contribution in [2.75, 3.05) is 32.8 Å². The van der Waals surface area contributed by atoms with Gasteiger partial charge in [0.15, 0.2) is 0 Å². The summed E-state index contributed by atoms with van der Waals surface area (Å²) in [4.78, 5) is 14.8. The van der Waals surface area contributed by atoms with E-state index in [-0.39, 0.29) is 24.0 Å². The minimum absolute atomic E-state index is 0.102. The van der Waals surface area contributed by atoms with Crippen LogP contribution in [0.2, 0.25) is 0 Å². The van der Waals surface area contributed by atoms with E-state index >= 15 is 0 Å². The zero-order valence-corrected chi connectivity index (χ0v) is 13.6. The standard InChI is InChI=1S/C17H26N2O3/c1-13(18-14-7-5-4-6-8-14)17(20)19-15(11-21-2)9-10-16(19)12-22-3/h4-8,13,15-16,18H,9-12H2,1-3H3/t13-,15+,16+/m0/s1. The zero-order valence-electron chi connectivity index (χ0n) is 13.6. The Morgan fingerprint density at radius 3 is 2.23 bits per heavy atom. The van der Waals surface area contributed by atoms with E-state index in [2.05, 4.69) is 5.32 Å². The minimum Gasteiger partial charge on any atom is -0.383 e. The van der Waals surface area contributed by atoms with Gasteiger partial charge in [0.25, 0.3) is 0 Å². The average Bonchev–Trinajstić information content (AvgIpc) is 2.91. The van der Waals surface area contributed by atoms with Crippen LogP contribution in [-0.2, 0) is 14.3 Å². The third-order valence-corrected chi connectivity index (χ3v) is 4.12. The van der Waals surface area contributed by atoms with Crippen molar-refractivity contribution < 1.29 is 14.3 Å². The summed E-state index contributed by atoms with van der Waals surface area (Å²) in [5.41, 5.74) is 0.953. The molecule has 122 valence electrons. The number of carbonyl (C=O) groups is 1. The number of nitrogens with zero attached hydrogens (tertiary/aromatic N) is 1. The topological polar surface area (TPSA) is 50.8 Å². The zero-order chi connectivity index (χ0) is 15.9. The summed E-state index contributed by atoms with van der Waals surface area (Å²) in [7, 11) is 3.36. The minimum atomic E-state index is -0.279. The number of amides is 1. The molecule has 1 amide bonds. The molecule has 0 aromatic heterocycles. The monoisotopic (exact) mass is 306 g/mol. The third kappa shape index (κ3) is 3.99. The lowest BCUT2D eigenvalue weighted by molar-refractivity contribution is -0.136. The number of rotatable bonds is 7. The Balaban J connectivity index is 2.05. The normalized spacial score (nSPS) is 22.6. The van der Waals surface area contributed by atoms with Gasteiger partial charge in [-0.05, 0) is 31.9 Å². The van der Waals surface area contributed by atoms with Crippen LogP contribution in [0.4, 0.5) is 5.69 Å². The van der Waals surface area contributed by atoms with Gasteiger partial charge in [-0.2, -0.15) is 0 Å². The van der Waals surface area contributed by atoms with Gasteiger partial charge in [-0.15, -0.1) is 0 Å². The lowest BCUT2D eigenvalue weighted by Gasteiger charge is -2.32.